The number of fused-ring (bicyclic) bond motifs is 1. The lowest BCUT2D eigenvalue weighted by Crippen LogP contribution is -2.30. The molecule has 0 bridgehead atoms. The van der Waals surface area contributed by atoms with Crippen molar-refractivity contribution in [1.29, 1.82) is 0 Å². The van der Waals surface area contributed by atoms with E-state index >= 15 is 0 Å². The van der Waals surface area contributed by atoms with Crippen LogP contribution in [-0.2, 0) is 0 Å². The van der Waals surface area contributed by atoms with Crippen LogP contribution in [0, 0.1) is 0 Å². The standard InChI is InChI=1S/C26H24N6O2/c1-17(2)32-16-28-24(30-32)22-15-31(26(34)18-7-4-3-5-8-18)23-11-10-19(13-21(22)23)25(33)29-20-9-6-12-27-14-20/h3-14,16-17,22H,15H2,1-2H3,(H,29,33)/t22-/m0/s1. The third kappa shape index (κ3) is 4.05. The minimum Gasteiger partial charge on any atom is -0.321 e. The van der Waals surface area contributed by atoms with Crippen LogP contribution >= 0.6 is 0 Å². The van der Waals surface area contributed by atoms with Crippen LogP contribution in [0.25, 0.3) is 0 Å². The van der Waals surface area contributed by atoms with Crippen molar-refractivity contribution < 1.29 is 9.59 Å². The molecule has 1 atom stereocenters. The molecule has 1 aliphatic heterocycles. The summed E-state index contributed by atoms with van der Waals surface area (Å²) in [6, 6.07) is 18.3. The molecule has 3 heterocycles. The van der Waals surface area contributed by atoms with Crippen LogP contribution in [0.1, 0.15) is 57.9 Å². The Morgan fingerprint density at radius 2 is 1.85 bits per heavy atom. The molecule has 0 saturated carbocycles. The van der Waals surface area contributed by atoms with Gasteiger partial charge in [0.25, 0.3) is 11.8 Å². The van der Waals surface area contributed by atoms with Crippen molar-refractivity contribution in [3.05, 3.63) is 102 Å². The number of hydrogen-bond donors (Lipinski definition) is 1. The Morgan fingerprint density at radius 3 is 2.56 bits per heavy atom. The van der Waals surface area contributed by atoms with Crippen molar-refractivity contribution in [1.82, 2.24) is 19.7 Å². The summed E-state index contributed by atoms with van der Waals surface area (Å²) in [5.41, 5.74) is 3.32. The van der Waals surface area contributed by atoms with E-state index in [1.54, 1.807) is 58.6 Å². The molecule has 0 fully saturated rings. The molecule has 0 unspecified atom stereocenters. The number of rotatable bonds is 5. The molecule has 1 N–H and O–H groups in total. The molecule has 0 radical (unpaired) electrons. The van der Waals surface area contributed by atoms with E-state index in [1.165, 1.54) is 0 Å². The molecule has 1 aliphatic rings. The van der Waals surface area contributed by atoms with Gasteiger partial charge < -0.3 is 10.2 Å². The molecule has 0 aliphatic carbocycles. The van der Waals surface area contributed by atoms with Crippen molar-refractivity contribution in [2.75, 3.05) is 16.8 Å². The quantitative estimate of drug-likeness (QED) is 0.487. The lowest BCUT2D eigenvalue weighted by molar-refractivity contribution is 0.0987. The molecule has 8 nitrogen and oxygen atoms in total. The second kappa shape index (κ2) is 8.90. The third-order valence-electron chi connectivity index (χ3n) is 5.87. The number of carbonyl (C=O) groups is 2. The Balaban J connectivity index is 1.52. The van der Waals surface area contributed by atoms with Gasteiger partial charge >= 0.3 is 0 Å². The minimum atomic E-state index is -0.247. The first-order valence-corrected chi connectivity index (χ1v) is 11.1. The number of amides is 2. The third-order valence-corrected chi connectivity index (χ3v) is 5.87. The second-order valence-electron chi connectivity index (χ2n) is 8.48. The Labute approximate surface area is 197 Å². The highest BCUT2D eigenvalue weighted by atomic mass is 16.2. The molecule has 0 saturated heterocycles. The lowest BCUT2D eigenvalue weighted by Gasteiger charge is -2.18. The minimum absolute atomic E-state index is 0.0970. The maximum atomic E-state index is 13.4. The number of hydrogen-bond acceptors (Lipinski definition) is 5. The Morgan fingerprint density at radius 1 is 1.03 bits per heavy atom. The zero-order valence-corrected chi connectivity index (χ0v) is 18.9. The molecule has 5 rings (SSSR count). The number of anilines is 2. The van der Waals surface area contributed by atoms with E-state index < -0.39 is 0 Å². The van der Waals surface area contributed by atoms with Gasteiger partial charge in [-0.1, -0.05) is 18.2 Å². The van der Waals surface area contributed by atoms with Crippen molar-refractivity contribution in [3.8, 4) is 0 Å². The predicted octanol–water partition coefficient (Wildman–Crippen LogP) is 4.30. The molecule has 8 heteroatoms. The number of pyridine rings is 1. The summed E-state index contributed by atoms with van der Waals surface area (Å²) in [6.45, 7) is 4.47. The van der Waals surface area contributed by atoms with Crippen LogP contribution in [0.15, 0.2) is 79.4 Å². The summed E-state index contributed by atoms with van der Waals surface area (Å²) in [5, 5.41) is 7.52. The van der Waals surface area contributed by atoms with Gasteiger partial charge in [0.05, 0.1) is 17.8 Å². The van der Waals surface area contributed by atoms with Gasteiger partial charge in [-0.05, 0) is 61.9 Å². The molecule has 4 aromatic rings. The SMILES string of the molecule is CC(C)n1cnc([C@H]2CN(C(=O)c3ccccc3)c3ccc(C(=O)Nc4cccnc4)cc32)n1. The van der Waals surface area contributed by atoms with Gasteiger partial charge in [-0.2, -0.15) is 5.10 Å². The van der Waals surface area contributed by atoms with E-state index in [9.17, 15) is 9.59 Å². The molecule has 170 valence electrons. The van der Waals surface area contributed by atoms with Crippen LogP contribution in [0.5, 0.6) is 0 Å². The Kier molecular flexibility index (Phi) is 5.63. The highest BCUT2D eigenvalue weighted by Gasteiger charge is 2.36. The smallest absolute Gasteiger partial charge is 0.258 e. The maximum absolute atomic E-state index is 13.4. The maximum Gasteiger partial charge on any atom is 0.258 e. The Bertz CT molecular complexity index is 1330. The van der Waals surface area contributed by atoms with Crippen molar-refractivity contribution in [2.45, 2.75) is 25.8 Å². The van der Waals surface area contributed by atoms with Gasteiger partial charge in [0.15, 0.2) is 5.82 Å². The number of nitrogens with one attached hydrogen (secondary N) is 1. The van der Waals surface area contributed by atoms with Gasteiger partial charge in [0, 0.05) is 35.6 Å². The normalized spacial score (nSPS) is 14.8. The van der Waals surface area contributed by atoms with Crippen molar-refractivity contribution in [2.24, 2.45) is 0 Å². The Hall–Kier alpha value is -4.33. The van der Waals surface area contributed by atoms with E-state index in [2.05, 4.69) is 20.4 Å². The molecular weight excluding hydrogens is 428 g/mol. The number of nitrogens with zero attached hydrogens (tertiary/aromatic N) is 5. The first-order valence-electron chi connectivity index (χ1n) is 11.1. The first kappa shape index (κ1) is 21.5. The molecular formula is C26H24N6O2. The van der Waals surface area contributed by atoms with E-state index in [-0.39, 0.29) is 23.8 Å². The highest BCUT2D eigenvalue weighted by molar-refractivity contribution is 6.09. The van der Waals surface area contributed by atoms with E-state index in [0.29, 0.717) is 29.2 Å². The average Bonchev–Trinajstić information content (AvgIpc) is 3.50. The zero-order valence-electron chi connectivity index (χ0n) is 18.9. The summed E-state index contributed by atoms with van der Waals surface area (Å²) < 4.78 is 1.80. The number of carbonyl (C=O) groups excluding carboxylic acids is 2. The lowest BCUT2D eigenvalue weighted by atomic mass is 9.98. The first-order chi connectivity index (χ1) is 16.5. The van der Waals surface area contributed by atoms with Gasteiger partial charge in [0.1, 0.15) is 6.33 Å². The topological polar surface area (TPSA) is 93.0 Å². The van der Waals surface area contributed by atoms with E-state index in [4.69, 9.17) is 0 Å². The molecule has 0 spiro atoms. The van der Waals surface area contributed by atoms with Crippen molar-refractivity contribution >= 4 is 23.2 Å². The fourth-order valence-electron chi connectivity index (χ4n) is 4.09. The number of benzene rings is 2. The second-order valence-corrected chi connectivity index (χ2v) is 8.48. The molecule has 2 aromatic carbocycles. The summed E-state index contributed by atoms with van der Waals surface area (Å²) in [7, 11) is 0. The fraction of sp³-hybridized carbons (Fsp3) is 0.192. The van der Waals surface area contributed by atoms with Crippen LogP contribution in [0.2, 0.25) is 0 Å². The van der Waals surface area contributed by atoms with Gasteiger partial charge in [-0.25, -0.2) is 4.98 Å². The predicted molar refractivity (Wildman–Crippen MR) is 129 cm³/mol. The van der Waals surface area contributed by atoms with E-state index in [0.717, 1.165) is 11.3 Å². The van der Waals surface area contributed by atoms with Crippen LogP contribution in [0.3, 0.4) is 0 Å². The molecule has 34 heavy (non-hydrogen) atoms. The largest absolute Gasteiger partial charge is 0.321 e. The fourth-order valence-corrected chi connectivity index (χ4v) is 4.09. The van der Waals surface area contributed by atoms with Gasteiger partial charge in [-0.15, -0.1) is 0 Å². The van der Waals surface area contributed by atoms with Gasteiger partial charge in [0.2, 0.25) is 0 Å². The zero-order chi connectivity index (χ0) is 23.7. The summed E-state index contributed by atoms with van der Waals surface area (Å²) >= 11 is 0. The van der Waals surface area contributed by atoms with Crippen LogP contribution in [0.4, 0.5) is 11.4 Å². The van der Waals surface area contributed by atoms with E-state index in [1.807, 2.05) is 44.2 Å². The van der Waals surface area contributed by atoms with Gasteiger partial charge in [-0.3, -0.25) is 19.3 Å². The van der Waals surface area contributed by atoms with Crippen molar-refractivity contribution in [3.63, 3.8) is 0 Å². The monoisotopic (exact) mass is 452 g/mol. The molecule has 2 amide bonds. The van der Waals surface area contributed by atoms with Crippen LogP contribution < -0.4 is 10.2 Å². The summed E-state index contributed by atoms with van der Waals surface area (Å²) in [5.74, 6) is 0.0418. The average molecular weight is 453 g/mol. The summed E-state index contributed by atoms with van der Waals surface area (Å²) in [6.07, 6.45) is 4.95. The number of aromatic nitrogens is 4. The molecule has 2 aromatic heterocycles. The summed E-state index contributed by atoms with van der Waals surface area (Å²) in [4.78, 5) is 36.6. The highest BCUT2D eigenvalue weighted by Crippen LogP contribution is 2.40. The van der Waals surface area contributed by atoms with Crippen LogP contribution in [-0.4, -0.2) is 38.1 Å².